The lowest BCUT2D eigenvalue weighted by Crippen LogP contribution is -2.09. The van der Waals surface area contributed by atoms with Crippen molar-refractivity contribution < 1.29 is 14.4 Å². The number of nitrogens with one attached hydrogen (secondary N) is 1. The molecule has 0 atom stereocenters. The number of benzene rings is 2. The molecule has 0 saturated carbocycles. The maximum Gasteiger partial charge on any atom is 0.171 e. The van der Waals surface area contributed by atoms with Gasteiger partial charge in [0.25, 0.3) is 0 Å². The lowest BCUT2D eigenvalue weighted by molar-refractivity contribution is 0.0990. The first-order chi connectivity index (χ1) is 11.5. The molecule has 0 aliphatic rings. The number of nitrogens with zero attached hydrogens (tertiary/aromatic N) is 1. The summed E-state index contributed by atoms with van der Waals surface area (Å²) in [6, 6.07) is 9.87. The minimum Gasteiger partial charge on any atom is -0.496 e. The molecular weight excluding hydrogens is 351 g/mol. The zero-order valence-electron chi connectivity index (χ0n) is 13.0. The van der Waals surface area contributed by atoms with E-state index in [9.17, 15) is 4.79 Å². The highest BCUT2D eigenvalue weighted by molar-refractivity contribution is 6.42. The molecule has 0 aromatic heterocycles. The maximum absolute atomic E-state index is 12.6. The molecule has 7 heteroatoms. The second kappa shape index (κ2) is 8.02. The van der Waals surface area contributed by atoms with Crippen LogP contribution in [0.2, 0.25) is 10.0 Å². The minimum atomic E-state index is -0.186. The SMILES string of the molecule is CONc1cc(Cl)c(Cl)cc1CC(=O)c1ccc(C#N)cc1OC. The van der Waals surface area contributed by atoms with Crippen molar-refractivity contribution in [1.82, 2.24) is 0 Å². The Kier molecular flexibility index (Phi) is 6.04. The highest BCUT2D eigenvalue weighted by Gasteiger charge is 2.17. The van der Waals surface area contributed by atoms with Crippen LogP contribution in [0.4, 0.5) is 5.69 Å². The maximum atomic E-state index is 12.6. The summed E-state index contributed by atoms with van der Waals surface area (Å²) in [4.78, 5) is 17.5. The first-order valence-electron chi connectivity index (χ1n) is 6.88. The number of carbonyl (C=O) groups excluding carboxylic acids is 1. The summed E-state index contributed by atoms with van der Waals surface area (Å²) in [7, 11) is 2.90. The molecule has 2 aromatic carbocycles. The van der Waals surface area contributed by atoms with Crippen LogP contribution in [0.15, 0.2) is 30.3 Å². The summed E-state index contributed by atoms with van der Waals surface area (Å²) in [5.74, 6) is 0.161. The third-order valence-corrected chi connectivity index (χ3v) is 4.06. The van der Waals surface area contributed by atoms with E-state index in [1.807, 2.05) is 6.07 Å². The van der Waals surface area contributed by atoms with Gasteiger partial charge < -0.3 is 4.74 Å². The van der Waals surface area contributed by atoms with Gasteiger partial charge in [0.05, 0.1) is 47.1 Å². The highest BCUT2D eigenvalue weighted by atomic mass is 35.5. The van der Waals surface area contributed by atoms with Crippen molar-refractivity contribution in [3.05, 3.63) is 57.1 Å². The van der Waals surface area contributed by atoms with Crippen LogP contribution in [0.25, 0.3) is 0 Å². The van der Waals surface area contributed by atoms with Crippen LogP contribution >= 0.6 is 23.2 Å². The normalized spacial score (nSPS) is 10.1. The van der Waals surface area contributed by atoms with Gasteiger partial charge in [-0.15, -0.1) is 0 Å². The van der Waals surface area contributed by atoms with E-state index in [1.54, 1.807) is 24.3 Å². The number of nitriles is 1. The summed E-state index contributed by atoms with van der Waals surface area (Å²) in [6.07, 6.45) is 0.0604. The van der Waals surface area contributed by atoms with E-state index in [2.05, 4.69) is 5.48 Å². The van der Waals surface area contributed by atoms with E-state index in [0.29, 0.717) is 38.2 Å². The molecule has 0 aliphatic carbocycles. The first-order valence-corrected chi connectivity index (χ1v) is 7.64. The zero-order chi connectivity index (χ0) is 17.7. The molecule has 24 heavy (non-hydrogen) atoms. The quantitative estimate of drug-likeness (QED) is 0.611. The van der Waals surface area contributed by atoms with Gasteiger partial charge in [-0.2, -0.15) is 5.26 Å². The van der Waals surface area contributed by atoms with Crippen LogP contribution in [0.1, 0.15) is 21.5 Å². The lowest BCUT2D eigenvalue weighted by Gasteiger charge is -2.13. The van der Waals surface area contributed by atoms with Gasteiger partial charge in [0.1, 0.15) is 5.75 Å². The predicted molar refractivity (Wildman–Crippen MR) is 92.8 cm³/mol. The van der Waals surface area contributed by atoms with Crippen molar-refractivity contribution in [3.63, 3.8) is 0 Å². The average Bonchev–Trinajstić information content (AvgIpc) is 2.58. The molecule has 0 aliphatic heterocycles. The van der Waals surface area contributed by atoms with Crippen LogP contribution in [0.3, 0.4) is 0 Å². The van der Waals surface area contributed by atoms with Crippen molar-refractivity contribution in [2.75, 3.05) is 19.7 Å². The standard InChI is InChI=1S/C17H14Cl2N2O3/c1-23-17-5-10(9-20)3-4-12(17)16(22)7-11-6-13(18)14(19)8-15(11)21-24-2/h3-6,8,21H,7H2,1-2H3. The summed E-state index contributed by atoms with van der Waals surface area (Å²) in [6.45, 7) is 0. The summed E-state index contributed by atoms with van der Waals surface area (Å²) < 4.78 is 5.21. The van der Waals surface area contributed by atoms with Gasteiger partial charge >= 0.3 is 0 Å². The minimum absolute atomic E-state index is 0.0604. The van der Waals surface area contributed by atoms with Gasteiger partial charge in [-0.25, -0.2) is 0 Å². The van der Waals surface area contributed by atoms with Crippen molar-refractivity contribution in [3.8, 4) is 11.8 Å². The molecule has 5 nitrogen and oxygen atoms in total. The van der Waals surface area contributed by atoms with Gasteiger partial charge in [0, 0.05) is 6.42 Å². The number of ketones is 1. The Morgan fingerprint density at radius 1 is 1.21 bits per heavy atom. The average molecular weight is 365 g/mol. The third-order valence-electron chi connectivity index (χ3n) is 3.34. The molecule has 1 N–H and O–H groups in total. The monoisotopic (exact) mass is 364 g/mol. The summed E-state index contributed by atoms with van der Waals surface area (Å²) >= 11 is 12.0. The number of methoxy groups -OCH3 is 1. The molecule has 2 rings (SSSR count). The zero-order valence-corrected chi connectivity index (χ0v) is 14.5. The van der Waals surface area contributed by atoms with Crippen LogP contribution in [0.5, 0.6) is 5.75 Å². The lowest BCUT2D eigenvalue weighted by atomic mass is 10.00. The Labute approximate surface area is 149 Å². The van der Waals surface area contributed by atoms with Crippen LogP contribution in [0, 0.1) is 11.3 Å². The van der Waals surface area contributed by atoms with Crippen LogP contribution in [-0.4, -0.2) is 20.0 Å². The van der Waals surface area contributed by atoms with Gasteiger partial charge in [0.15, 0.2) is 5.78 Å². The van der Waals surface area contributed by atoms with E-state index in [1.165, 1.54) is 20.3 Å². The van der Waals surface area contributed by atoms with Crippen molar-refractivity contribution in [2.24, 2.45) is 0 Å². The van der Waals surface area contributed by atoms with Crippen molar-refractivity contribution in [1.29, 1.82) is 5.26 Å². The largest absolute Gasteiger partial charge is 0.496 e. The van der Waals surface area contributed by atoms with Crippen LogP contribution in [-0.2, 0) is 11.3 Å². The van der Waals surface area contributed by atoms with Gasteiger partial charge in [-0.1, -0.05) is 23.2 Å². The number of rotatable bonds is 6. The number of hydrogen-bond acceptors (Lipinski definition) is 5. The fourth-order valence-corrected chi connectivity index (χ4v) is 2.55. The summed E-state index contributed by atoms with van der Waals surface area (Å²) in [5, 5.41) is 9.63. The number of halogens is 2. The second-order valence-electron chi connectivity index (χ2n) is 4.86. The number of Topliss-reactive ketones (excluding diaryl/α,β-unsaturated/α-hetero) is 1. The Balaban J connectivity index is 2.36. The Morgan fingerprint density at radius 3 is 2.54 bits per heavy atom. The van der Waals surface area contributed by atoms with Gasteiger partial charge in [-0.3, -0.25) is 15.1 Å². The summed E-state index contributed by atoms with van der Waals surface area (Å²) in [5.41, 5.74) is 4.65. The molecule has 0 heterocycles. The fourth-order valence-electron chi connectivity index (χ4n) is 2.20. The molecule has 0 unspecified atom stereocenters. The van der Waals surface area contributed by atoms with E-state index in [-0.39, 0.29) is 12.2 Å². The topological polar surface area (TPSA) is 71.3 Å². The molecule has 0 fully saturated rings. The second-order valence-corrected chi connectivity index (χ2v) is 5.67. The van der Waals surface area contributed by atoms with E-state index < -0.39 is 0 Å². The molecule has 0 spiro atoms. The molecule has 0 radical (unpaired) electrons. The number of hydrogen-bond donors (Lipinski definition) is 1. The molecular formula is C17H14Cl2N2O3. The Bertz CT molecular complexity index is 816. The molecule has 2 aromatic rings. The molecule has 124 valence electrons. The van der Waals surface area contributed by atoms with Gasteiger partial charge in [0.2, 0.25) is 0 Å². The van der Waals surface area contributed by atoms with Crippen molar-refractivity contribution >= 4 is 34.7 Å². The van der Waals surface area contributed by atoms with Gasteiger partial charge in [-0.05, 0) is 35.9 Å². The first kappa shape index (κ1) is 18.1. The molecule has 0 bridgehead atoms. The Hall–Kier alpha value is -2.26. The van der Waals surface area contributed by atoms with E-state index in [0.717, 1.165) is 0 Å². The third kappa shape index (κ3) is 3.98. The van der Waals surface area contributed by atoms with E-state index in [4.69, 9.17) is 38.0 Å². The Morgan fingerprint density at radius 2 is 1.92 bits per heavy atom. The molecule has 0 saturated heterocycles. The fraction of sp³-hybridized carbons (Fsp3) is 0.176. The number of anilines is 1. The number of carbonyl (C=O) groups is 1. The highest BCUT2D eigenvalue weighted by Crippen LogP contribution is 2.31. The van der Waals surface area contributed by atoms with E-state index >= 15 is 0 Å². The molecule has 0 amide bonds. The smallest absolute Gasteiger partial charge is 0.171 e. The number of ether oxygens (including phenoxy) is 1. The van der Waals surface area contributed by atoms with Crippen molar-refractivity contribution in [2.45, 2.75) is 6.42 Å². The van der Waals surface area contributed by atoms with Crippen LogP contribution < -0.4 is 10.2 Å². The predicted octanol–water partition coefficient (Wildman–Crippen LogP) is 4.27.